The van der Waals surface area contributed by atoms with Gasteiger partial charge in [-0.15, -0.1) is 10.2 Å². The van der Waals surface area contributed by atoms with Crippen LogP contribution in [-0.4, -0.2) is 15.3 Å². The first-order valence-corrected chi connectivity index (χ1v) is 9.27. The molecule has 4 aromatic rings. The topological polar surface area (TPSA) is 89.4 Å². The van der Waals surface area contributed by atoms with Crippen LogP contribution in [0.3, 0.4) is 0 Å². The Balaban J connectivity index is 1.59. The van der Waals surface area contributed by atoms with Crippen LogP contribution in [-0.2, 0) is 5.75 Å². The molecule has 1 N–H and O–H groups in total. The number of aryl methyl sites for hydroxylation is 2. The Hall–Kier alpha value is -3.06. The summed E-state index contributed by atoms with van der Waals surface area (Å²) in [6.45, 7) is 4.04. The van der Waals surface area contributed by atoms with Crippen molar-refractivity contribution in [2.75, 3.05) is 0 Å². The van der Waals surface area contributed by atoms with Gasteiger partial charge in [0.2, 0.25) is 5.89 Å². The summed E-state index contributed by atoms with van der Waals surface area (Å²) in [4.78, 5) is 11.8. The lowest BCUT2D eigenvalue weighted by Crippen LogP contribution is -1.99. The van der Waals surface area contributed by atoms with Crippen LogP contribution in [0, 0.1) is 13.8 Å². The van der Waals surface area contributed by atoms with Crippen LogP contribution in [0.2, 0.25) is 0 Å². The molecule has 0 aliphatic carbocycles. The maximum Gasteiger partial charge on any atom is 0.336 e. The van der Waals surface area contributed by atoms with Gasteiger partial charge in [-0.05, 0) is 43.7 Å². The molecule has 136 valence electrons. The van der Waals surface area contributed by atoms with Gasteiger partial charge >= 0.3 is 5.63 Å². The molecule has 0 aliphatic rings. The van der Waals surface area contributed by atoms with Crippen molar-refractivity contribution in [1.82, 2.24) is 10.2 Å². The fourth-order valence-electron chi connectivity index (χ4n) is 2.96. The van der Waals surface area contributed by atoms with E-state index in [1.54, 1.807) is 12.1 Å². The van der Waals surface area contributed by atoms with E-state index in [1.807, 2.05) is 26.0 Å². The molecular weight excluding hydrogens is 364 g/mol. The average Bonchev–Trinajstić information content (AvgIpc) is 3.07. The van der Waals surface area contributed by atoms with E-state index in [4.69, 9.17) is 8.83 Å². The highest BCUT2D eigenvalue weighted by Crippen LogP contribution is 2.29. The van der Waals surface area contributed by atoms with Crippen LogP contribution >= 0.6 is 11.8 Å². The summed E-state index contributed by atoms with van der Waals surface area (Å²) in [6, 6.07) is 12.2. The molecule has 27 heavy (non-hydrogen) atoms. The number of phenolic OH excluding ortho intramolecular Hbond substituents is 1. The Labute approximate surface area is 158 Å². The third-order valence-electron chi connectivity index (χ3n) is 4.04. The van der Waals surface area contributed by atoms with Crippen molar-refractivity contribution in [3.05, 3.63) is 69.6 Å². The number of fused-ring (bicyclic) bond motifs is 1. The predicted octanol–water partition coefficient (Wildman–Crippen LogP) is 4.46. The van der Waals surface area contributed by atoms with Crippen molar-refractivity contribution in [1.29, 1.82) is 0 Å². The number of hydrogen-bond donors (Lipinski definition) is 1. The number of phenols is 1. The number of aromatic nitrogens is 2. The van der Waals surface area contributed by atoms with Crippen molar-refractivity contribution in [2.45, 2.75) is 24.8 Å². The predicted molar refractivity (Wildman–Crippen MR) is 103 cm³/mol. The Morgan fingerprint density at radius 1 is 1.00 bits per heavy atom. The number of nitrogens with zero attached hydrogens (tertiary/aromatic N) is 2. The fourth-order valence-corrected chi connectivity index (χ4v) is 3.71. The molecule has 4 rings (SSSR count). The normalized spacial score (nSPS) is 11.2. The van der Waals surface area contributed by atoms with E-state index in [0.717, 1.165) is 27.6 Å². The van der Waals surface area contributed by atoms with Gasteiger partial charge in [-0.2, -0.15) is 0 Å². The van der Waals surface area contributed by atoms with Gasteiger partial charge in [-0.3, -0.25) is 0 Å². The van der Waals surface area contributed by atoms with Crippen molar-refractivity contribution >= 4 is 22.7 Å². The molecule has 0 saturated carbocycles. The molecule has 0 aliphatic heterocycles. The van der Waals surface area contributed by atoms with Crippen molar-refractivity contribution in [3.63, 3.8) is 0 Å². The van der Waals surface area contributed by atoms with Crippen molar-refractivity contribution < 1.29 is 13.9 Å². The summed E-state index contributed by atoms with van der Waals surface area (Å²) in [7, 11) is 0. The molecule has 0 spiro atoms. The Morgan fingerprint density at radius 3 is 2.56 bits per heavy atom. The van der Waals surface area contributed by atoms with E-state index in [9.17, 15) is 9.90 Å². The average molecular weight is 380 g/mol. The number of hydrogen-bond acceptors (Lipinski definition) is 7. The second-order valence-corrected chi connectivity index (χ2v) is 7.24. The first kappa shape index (κ1) is 17.4. The molecule has 0 saturated heterocycles. The highest BCUT2D eigenvalue weighted by molar-refractivity contribution is 7.98. The maximum absolute atomic E-state index is 11.8. The smallest absolute Gasteiger partial charge is 0.336 e. The van der Waals surface area contributed by atoms with E-state index >= 15 is 0 Å². The molecule has 7 heteroatoms. The van der Waals surface area contributed by atoms with E-state index in [2.05, 4.69) is 16.3 Å². The van der Waals surface area contributed by atoms with Gasteiger partial charge in [-0.1, -0.05) is 29.0 Å². The summed E-state index contributed by atoms with van der Waals surface area (Å²) >= 11 is 1.34. The highest BCUT2D eigenvalue weighted by Gasteiger charge is 2.12. The highest BCUT2D eigenvalue weighted by atomic mass is 32.2. The van der Waals surface area contributed by atoms with Gasteiger partial charge in [0.15, 0.2) is 0 Å². The van der Waals surface area contributed by atoms with Crippen LogP contribution in [0.15, 0.2) is 61.3 Å². The van der Waals surface area contributed by atoms with Gasteiger partial charge in [0.25, 0.3) is 5.22 Å². The summed E-state index contributed by atoms with van der Waals surface area (Å²) < 4.78 is 10.9. The third-order valence-corrected chi connectivity index (χ3v) is 4.91. The maximum atomic E-state index is 11.8. The van der Waals surface area contributed by atoms with Crippen LogP contribution in [0.4, 0.5) is 0 Å². The van der Waals surface area contributed by atoms with Gasteiger partial charge in [0.1, 0.15) is 11.3 Å². The number of thioether (sulfide) groups is 1. The van der Waals surface area contributed by atoms with E-state index in [-0.39, 0.29) is 5.75 Å². The zero-order valence-corrected chi connectivity index (χ0v) is 15.5. The number of benzene rings is 2. The summed E-state index contributed by atoms with van der Waals surface area (Å²) in [5.74, 6) is 0.971. The van der Waals surface area contributed by atoms with E-state index < -0.39 is 5.63 Å². The Morgan fingerprint density at radius 2 is 1.78 bits per heavy atom. The summed E-state index contributed by atoms with van der Waals surface area (Å²) in [6.07, 6.45) is 0. The molecule has 2 heterocycles. The molecule has 0 atom stereocenters. The minimum Gasteiger partial charge on any atom is -0.508 e. The third kappa shape index (κ3) is 3.73. The van der Waals surface area contributed by atoms with Crippen molar-refractivity contribution in [3.8, 4) is 17.2 Å². The molecule has 2 aromatic heterocycles. The van der Waals surface area contributed by atoms with Crippen LogP contribution in [0.25, 0.3) is 22.4 Å². The van der Waals surface area contributed by atoms with Crippen LogP contribution in [0.5, 0.6) is 5.75 Å². The van der Waals surface area contributed by atoms with Gasteiger partial charge in [-0.25, -0.2) is 4.79 Å². The lowest BCUT2D eigenvalue weighted by Gasteiger charge is -2.04. The Kier molecular flexibility index (Phi) is 4.45. The van der Waals surface area contributed by atoms with Crippen molar-refractivity contribution in [2.24, 2.45) is 0 Å². The fraction of sp³-hybridized carbons (Fsp3) is 0.150. The molecule has 0 fully saturated rings. The first-order chi connectivity index (χ1) is 13.0. The molecule has 0 bridgehead atoms. The summed E-state index contributed by atoms with van der Waals surface area (Å²) in [5.41, 5.74) is 3.79. The van der Waals surface area contributed by atoms with E-state index in [0.29, 0.717) is 22.4 Å². The molecule has 0 unspecified atom stereocenters. The Bertz CT molecular complexity index is 1180. The molecule has 0 amide bonds. The molecular formula is C20H16N2O4S. The number of rotatable bonds is 4. The minimum atomic E-state index is -0.467. The lowest BCUT2D eigenvalue weighted by atomic mass is 10.1. The molecule has 0 radical (unpaired) electrons. The minimum absolute atomic E-state index is 0.0467. The largest absolute Gasteiger partial charge is 0.508 e. The van der Waals surface area contributed by atoms with Gasteiger partial charge < -0.3 is 13.9 Å². The lowest BCUT2D eigenvalue weighted by molar-refractivity contribution is 0.465. The van der Waals surface area contributed by atoms with Gasteiger partial charge in [0, 0.05) is 28.8 Å². The van der Waals surface area contributed by atoms with Gasteiger partial charge in [0.05, 0.1) is 0 Å². The monoisotopic (exact) mass is 380 g/mol. The zero-order chi connectivity index (χ0) is 19.0. The molecule has 6 nitrogen and oxygen atoms in total. The van der Waals surface area contributed by atoms with Crippen LogP contribution in [0.1, 0.15) is 16.7 Å². The standard InChI is InChI=1S/C20H16N2O4S/c1-11-5-12(2)7-13(6-11)19-21-22-20(26-19)27-10-14-8-18(24)25-17-9-15(23)3-4-16(14)17/h3-9,23H,10H2,1-2H3. The van der Waals surface area contributed by atoms with E-state index in [1.165, 1.54) is 23.9 Å². The second kappa shape index (κ2) is 6.92. The summed E-state index contributed by atoms with van der Waals surface area (Å²) in [5, 5.41) is 19.0. The molecule has 2 aromatic carbocycles. The number of aromatic hydroxyl groups is 1. The SMILES string of the molecule is Cc1cc(C)cc(-c2nnc(SCc3cc(=O)oc4cc(O)ccc34)o2)c1. The second-order valence-electron chi connectivity index (χ2n) is 6.31. The quantitative estimate of drug-likeness (QED) is 0.413. The first-order valence-electron chi connectivity index (χ1n) is 8.29. The van der Waals surface area contributed by atoms with Crippen LogP contribution < -0.4 is 5.63 Å². The zero-order valence-electron chi connectivity index (χ0n) is 14.7.